The molecule has 0 radical (unpaired) electrons. The third-order valence-corrected chi connectivity index (χ3v) is 13.8. The van der Waals surface area contributed by atoms with Crippen molar-refractivity contribution >= 4 is 11.9 Å². The van der Waals surface area contributed by atoms with Crippen LogP contribution in [0.4, 0.5) is 0 Å². The van der Waals surface area contributed by atoms with Gasteiger partial charge >= 0.3 is 5.97 Å². The summed E-state index contributed by atoms with van der Waals surface area (Å²) in [6.45, 7) is 4.90. The van der Waals surface area contributed by atoms with Gasteiger partial charge in [0.25, 0.3) is 0 Å². The topological polar surface area (TPSA) is 95.9 Å². The molecule has 6 nitrogen and oxygen atoms in total. The molecule has 6 heteroatoms. The lowest BCUT2D eigenvalue weighted by atomic mass is 10.0. The molecule has 0 aliphatic heterocycles. The third-order valence-electron chi connectivity index (χ3n) is 13.8. The molecule has 0 aromatic heterocycles. The molecule has 0 aromatic rings. The van der Waals surface area contributed by atoms with E-state index in [0.29, 0.717) is 19.4 Å². The monoisotopic (exact) mass is 918 g/mol. The smallest absolute Gasteiger partial charge is 0.305 e. The SMILES string of the molecule is CCCCCCCCCCCCCCCCCCCCC/C=C/C(O)C(CO)NC(=O)CCCCCCCCCCCCCCOC(=O)CCCCCCCCCCCCCCCCC. The molecule has 0 aliphatic rings. The summed E-state index contributed by atoms with van der Waals surface area (Å²) in [6.07, 6.45) is 65.1. The second-order valence-electron chi connectivity index (χ2n) is 20.3. The molecule has 0 aliphatic carbocycles. The van der Waals surface area contributed by atoms with E-state index in [9.17, 15) is 19.8 Å². The summed E-state index contributed by atoms with van der Waals surface area (Å²) in [4.78, 5) is 24.5. The highest BCUT2D eigenvalue weighted by Crippen LogP contribution is 2.17. The van der Waals surface area contributed by atoms with E-state index in [4.69, 9.17) is 4.74 Å². The number of amides is 1. The van der Waals surface area contributed by atoms with Gasteiger partial charge in [0.05, 0.1) is 25.4 Å². The van der Waals surface area contributed by atoms with Crippen molar-refractivity contribution in [2.45, 2.75) is 341 Å². The van der Waals surface area contributed by atoms with Gasteiger partial charge < -0.3 is 20.3 Å². The number of allylic oxidation sites excluding steroid dienone is 1. The summed E-state index contributed by atoms with van der Waals surface area (Å²) in [5.41, 5.74) is 0. The number of unbranched alkanes of at least 4 members (excludes halogenated alkanes) is 44. The summed E-state index contributed by atoms with van der Waals surface area (Å²) in [5, 5.41) is 23.2. The number of carbonyl (C=O) groups is 2. The Morgan fingerprint density at radius 1 is 0.415 bits per heavy atom. The highest BCUT2D eigenvalue weighted by Gasteiger charge is 2.18. The molecule has 65 heavy (non-hydrogen) atoms. The van der Waals surface area contributed by atoms with Gasteiger partial charge in [-0.3, -0.25) is 9.59 Å². The fourth-order valence-corrected chi connectivity index (χ4v) is 9.28. The third kappa shape index (κ3) is 51.8. The number of carbonyl (C=O) groups excluding carboxylic acids is 2. The average molecular weight is 919 g/mol. The number of aliphatic hydroxyl groups is 2. The minimum absolute atomic E-state index is 0.00699. The van der Waals surface area contributed by atoms with Crippen LogP contribution in [-0.2, 0) is 14.3 Å². The fourth-order valence-electron chi connectivity index (χ4n) is 9.28. The minimum Gasteiger partial charge on any atom is -0.466 e. The summed E-state index contributed by atoms with van der Waals surface area (Å²) < 4.78 is 5.47. The van der Waals surface area contributed by atoms with Crippen LogP contribution in [0.3, 0.4) is 0 Å². The van der Waals surface area contributed by atoms with Gasteiger partial charge in [0.1, 0.15) is 0 Å². The van der Waals surface area contributed by atoms with Crippen molar-refractivity contribution in [2.24, 2.45) is 0 Å². The lowest BCUT2D eigenvalue weighted by molar-refractivity contribution is -0.143. The number of aliphatic hydroxyl groups excluding tert-OH is 2. The van der Waals surface area contributed by atoms with Crippen molar-refractivity contribution in [3.63, 3.8) is 0 Å². The van der Waals surface area contributed by atoms with Crippen LogP contribution in [-0.4, -0.2) is 47.4 Å². The molecule has 0 heterocycles. The van der Waals surface area contributed by atoms with Gasteiger partial charge in [0.2, 0.25) is 5.91 Å². The summed E-state index contributed by atoms with van der Waals surface area (Å²) in [5.74, 6) is -0.0867. The fraction of sp³-hybridized carbons (Fsp3) is 0.932. The van der Waals surface area contributed by atoms with Crippen LogP contribution in [0.25, 0.3) is 0 Å². The number of hydrogen-bond acceptors (Lipinski definition) is 5. The van der Waals surface area contributed by atoms with Crippen LogP contribution < -0.4 is 5.32 Å². The van der Waals surface area contributed by atoms with Crippen LogP contribution in [0.2, 0.25) is 0 Å². The molecule has 0 rings (SSSR count). The van der Waals surface area contributed by atoms with E-state index in [-0.39, 0.29) is 18.5 Å². The van der Waals surface area contributed by atoms with Gasteiger partial charge in [-0.2, -0.15) is 0 Å². The van der Waals surface area contributed by atoms with Crippen LogP contribution >= 0.6 is 0 Å². The van der Waals surface area contributed by atoms with Crippen molar-refractivity contribution in [2.75, 3.05) is 13.2 Å². The molecule has 2 unspecified atom stereocenters. The zero-order valence-electron chi connectivity index (χ0n) is 44.0. The predicted octanol–water partition coefficient (Wildman–Crippen LogP) is 18.1. The minimum atomic E-state index is -0.854. The number of rotatable bonds is 55. The van der Waals surface area contributed by atoms with Crippen LogP contribution in [0, 0.1) is 0 Å². The molecule has 0 bridgehead atoms. The second-order valence-corrected chi connectivity index (χ2v) is 20.3. The van der Waals surface area contributed by atoms with Gasteiger partial charge in [0, 0.05) is 12.8 Å². The van der Waals surface area contributed by atoms with E-state index in [2.05, 4.69) is 19.2 Å². The quantitative estimate of drug-likeness (QED) is 0.0321. The lowest BCUT2D eigenvalue weighted by Gasteiger charge is -2.20. The molecule has 0 spiro atoms. The molecule has 0 saturated heterocycles. The number of nitrogens with one attached hydrogen (secondary N) is 1. The Hall–Kier alpha value is -1.40. The number of hydrogen-bond donors (Lipinski definition) is 3. The first kappa shape index (κ1) is 63.6. The van der Waals surface area contributed by atoms with Gasteiger partial charge in [0.15, 0.2) is 0 Å². The van der Waals surface area contributed by atoms with Gasteiger partial charge in [-0.05, 0) is 32.1 Å². The highest BCUT2D eigenvalue weighted by atomic mass is 16.5. The Morgan fingerprint density at radius 2 is 0.708 bits per heavy atom. The maximum atomic E-state index is 12.5. The summed E-state index contributed by atoms with van der Waals surface area (Å²) in [6, 6.07) is -0.639. The molecule has 2 atom stereocenters. The normalized spacial score (nSPS) is 12.6. The number of ether oxygens (including phenoxy) is 1. The molecule has 0 saturated carbocycles. The molecule has 3 N–H and O–H groups in total. The largest absolute Gasteiger partial charge is 0.466 e. The Morgan fingerprint density at radius 3 is 1.05 bits per heavy atom. The van der Waals surface area contributed by atoms with Gasteiger partial charge in [-0.15, -0.1) is 0 Å². The van der Waals surface area contributed by atoms with Crippen molar-refractivity contribution in [1.29, 1.82) is 0 Å². The van der Waals surface area contributed by atoms with Crippen LogP contribution in [0.1, 0.15) is 328 Å². The van der Waals surface area contributed by atoms with Crippen molar-refractivity contribution < 1.29 is 24.5 Å². The molecular weight excluding hydrogens is 803 g/mol. The first-order valence-electron chi connectivity index (χ1n) is 29.5. The molecular formula is C59H115NO5. The van der Waals surface area contributed by atoms with E-state index >= 15 is 0 Å². The maximum absolute atomic E-state index is 12.5. The first-order chi connectivity index (χ1) is 32.0. The summed E-state index contributed by atoms with van der Waals surface area (Å²) in [7, 11) is 0. The van der Waals surface area contributed by atoms with E-state index in [0.717, 1.165) is 57.8 Å². The Labute approximate surface area is 406 Å². The summed E-state index contributed by atoms with van der Waals surface area (Å²) >= 11 is 0. The predicted molar refractivity (Wildman–Crippen MR) is 283 cm³/mol. The van der Waals surface area contributed by atoms with Crippen LogP contribution in [0.5, 0.6) is 0 Å². The van der Waals surface area contributed by atoms with Crippen molar-refractivity contribution in [1.82, 2.24) is 5.32 Å². The van der Waals surface area contributed by atoms with E-state index in [1.54, 1.807) is 6.08 Å². The Balaban J connectivity index is 3.47. The average Bonchev–Trinajstić information content (AvgIpc) is 3.31. The van der Waals surface area contributed by atoms with Crippen molar-refractivity contribution in [3.8, 4) is 0 Å². The first-order valence-corrected chi connectivity index (χ1v) is 29.5. The standard InChI is InChI=1S/C59H115NO5/c1-3-5-7-9-11-13-15-17-19-20-21-22-23-24-26-27-31-35-39-43-47-51-57(62)56(55-61)60-58(63)52-48-44-40-36-32-29-30-34-38-42-46-50-54-65-59(64)53-49-45-41-37-33-28-25-18-16-14-12-10-8-6-4-2/h47,51,56-57,61-62H,3-46,48-50,52-55H2,1-2H3,(H,60,63)/b51-47+. The molecule has 0 aromatic carbocycles. The second kappa shape index (κ2) is 55.2. The number of esters is 1. The van der Waals surface area contributed by atoms with Crippen molar-refractivity contribution in [3.05, 3.63) is 12.2 Å². The zero-order valence-corrected chi connectivity index (χ0v) is 44.0. The van der Waals surface area contributed by atoms with Crippen LogP contribution in [0.15, 0.2) is 12.2 Å². The van der Waals surface area contributed by atoms with Gasteiger partial charge in [-0.1, -0.05) is 296 Å². The Kier molecular flexibility index (Phi) is 54.0. The Bertz CT molecular complexity index is 970. The van der Waals surface area contributed by atoms with E-state index < -0.39 is 12.1 Å². The lowest BCUT2D eigenvalue weighted by Crippen LogP contribution is -2.45. The highest BCUT2D eigenvalue weighted by molar-refractivity contribution is 5.76. The molecule has 386 valence electrons. The van der Waals surface area contributed by atoms with E-state index in [1.165, 1.54) is 244 Å². The molecule has 1 amide bonds. The molecule has 0 fully saturated rings. The maximum Gasteiger partial charge on any atom is 0.305 e. The van der Waals surface area contributed by atoms with E-state index in [1.807, 2.05) is 6.08 Å². The van der Waals surface area contributed by atoms with Gasteiger partial charge in [-0.25, -0.2) is 0 Å². The zero-order chi connectivity index (χ0) is 47.2.